The highest BCUT2D eigenvalue weighted by molar-refractivity contribution is 5.58. The maximum absolute atomic E-state index is 4.23. The number of nitrogens with zero attached hydrogens (tertiary/aromatic N) is 2. The zero-order valence-electron chi connectivity index (χ0n) is 8.07. The van der Waals surface area contributed by atoms with Crippen molar-refractivity contribution < 1.29 is 0 Å². The smallest absolute Gasteiger partial charge is 0.0883 e. The molecular formula is C11H14N2. The van der Waals surface area contributed by atoms with Gasteiger partial charge in [-0.1, -0.05) is 19.1 Å². The summed E-state index contributed by atoms with van der Waals surface area (Å²) in [5.41, 5.74) is 1.86. The Kier molecular flexibility index (Phi) is 3.89. The van der Waals surface area contributed by atoms with Crippen LogP contribution in [0.25, 0.3) is 12.2 Å². The van der Waals surface area contributed by atoms with Crippen LogP contribution in [0.15, 0.2) is 24.5 Å². The van der Waals surface area contributed by atoms with Gasteiger partial charge in [-0.15, -0.1) is 0 Å². The van der Waals surface area contributed by atoms with Gasteiger partial charge in [0.05, 0.1) is 11.4 Å². The minimum atomic E-state index is 0.926. The molecule has 0 bridgehead atoms. The molecule has 0 spiro atoms. The van der Waals surface area contributed by atoms with Crippen molar-refractivity contribution >= 4 is 12.2 Å². The van der Waals surface area contributed by atoms with Crippen LogP contribution in [0.3, 0.4) is 0 Å². The maximum atomic E-state index is 4.23. The summed E-state index contributed by atoms with van der Waals surface area (Å²) >= 11 is 0. The fraction of sp³-hybridized carbons (Fsp3) is 0.273. The Balaban J connectivity index is 2.97. The molecule has 1 aromatic rings. The van der Waals surface area contributed by atoms with Crippen molar-refractivity contribution in [3.05, 3.63) is 35.9 Å². The molecule has 0 fully saturated rings. The molecule has 0 atom stereocenters. The normalized spacial score (nSPS) is 11.5. The predicted octanol–water partition coefficient (Wildman–Crippen LogP) is 2.93. The van der Waals surface area contributed by atoms with Crippen molar-refractivity contribution in [2.45, 2.75) is 20.3 Å². The average Bonchev–Trinajstić information content (AvgIpc) is 2.17. The lowest BCUT2D eigenvalue weighted by molar-refractivity contribution is 1.15. The monoisotopic (exact) mass is 174 g/mol. The van der Waals surface area contributed by atoms with Crippen molar-refractivity contribution in [2.24, 2.45) is 0 Å². The molecule has 0 radical (unpaired) electrons. The zero-order valence-corrected chi connectivity index (χ0v) is 8.07. The highest BCUT2D eigenvalue weighted by Crippen LogP contribution is 2.06. The molecule has 1 heterocycles. The van der Waals surface area contributed by atoms with E-state index in [1.54, 1.807) is 12.4 Å². The van der Waals surface area contributed by atoms with Crippen molar-refractivity contribution in [3.63, 3.8) is 0 Å². The molecule has 0 aliphatic rings. The second kappa shape index (κ2) is 5.25. The van der Waals surface area contributed by atoms with Crippen molar-refractivity contribution in [1.82, 2.24) is 9.97 Å². The van der Waals surface area contributed by atoms with Crippen LogP contribution in [0.2, 0.25) is 0 Å². The summed E-state index contributed by atoms with van der Waals surface area (Å²) in [5.74, 6) is 0. The number of rotatable bonds is 3. The maximum Gasteiger partial charge on any atom is 0.0883 e. The van der Waals surface area contributed by atoms with Gasteiger partial charge in [0.2, 0.25) is 0 Å². The Morgan fingerprint density at radius 2 is 1.77 bits per heavy atom. The molecule has 1 aromatic heterocycles. The van der Waals surface area contributed by atoms with Crippen LogP contribution in [-0.2, 0) is 0 Å². The Labute approximate surface area is 79.0 Å². The fourth-order valence-electron chi connectivity index (χ4n) is 1.00. The highest BCUT2D eigenvalue weighted by Gasteiger charge is 1.95. The Morgan fingerprint density at radius 1 is 1.15 bits per heavy atom. The largest absolute Gasteiger partial charge is 0.253 e. The van der Waals surface area contributed by atoms with E-state index in [4.69, 9.17) is 0 Å². The molecule has 0 N–H and O–H groups in total. The van der Waals surface area contributed by atoms with Crippen LogP contribution >= 0.6 is 0 Å². The topological polar surface area (TPSA) is 25.8 Å². The van der Waals surface area contributed by atoms with E-state index < -0.39 is 0 Å². The van der Waals surface area contributed by atoms with E-state index in [-0.39, 0.29) is 0 Å². The van der Waals surface area contributed by atoms with Gasteiger partial charge in [-0.25, -0.2) is 0 Å². The average molecular weight is 174 g/mol. The SMILES string of the molecule is C/C=C\c1nccnc1/C=C\CC. The van der Waals surface area contributed by atoms with Gasteiger partial charge in [-0.05, 0) is 25.5 Å². The van der Waals surface area contributed by atoms with E-state index in [0.717, 1.165) is 17.8 Å². The second-order valence-electron chi connectivity index (χ2n) is 2.64. The number of hydrogen-bond donors (Lipinski definition) is 0. The predicted molar refractivity (Wildman–Crippen MR) is 56.1 cm³/mol. The molecule has 0 unspecified atom stereocenters. The Bertz CT molecular complexity index is 314. The van der Waals surface area contributed by atoms with E-state index >= 15 is 0 Å². The van der Waals surface area contributed by atoms with Gasteiger partial charge in [-0.2, -0.15) is 0 Å². The Morgan fingerprint density at radius 3 is 2.31 bits per heavy atom. The third kappa shape index (κ3) is 2.82. The second-order valence-corrected chi connectivity index (χ2v) is 2.64. The summed E-state index contributed by atoms with van der Waals surface area (Å²) in [4.78, 5) is 8.46. The first-order valence-electron chi connectivity index (χ1n) is 4.48. The molecule has 0 aliphatic heterocycles. The molecule has 0 aromatic carbocycles. The van der Waals surface area contributed by atoms with Crippen LogP contribution in [0.5, 0.6) is 0 Å². The molecule has 1 rings (SSSR count). The van der Waals surface area contributed by atoms with Crippen LogP contribution in [-0.4, -0.2) is 9.97 Å². The molecular weight excluding hydrogens is 160 g/mol. The quantitative estimate of drug-likeness (QED) is 0.704. The van der Waals surface area contributed by atoms with E-state index in [0.29, 0.717) is 0 Å². The number of hydrogen-bond acceptors (Lipinski definition) is 2. The molecule has 68 valence electrons. The van der Waals surface area contributed by atoms with Gasteiger partial charge < -0.3 is 0 Å². The van der Waals surface area contributed by atoms with E-state index in [1.165, 1.54) is 0 Å². The molecule has 0 saturated heterocycles. The summed E-state index contributed by atoms with van der Waals surface area (Å²) in [6.07, 6.45) is 12.4. The molecule has 2 nitrogen and oxygen atoms in total. The minimum absolute atomic E-state index is 0.926. The first kappa shape index (κ1) is 9.65. The number of allylic oxidation sites excluding steroid dienone is 2. The number of aromatic nitrogens is 2. The fourth-order valence-corrected chi connectivity index (χ4v) is 1.00. The lowest BCUT2D eigenvalue weighted by atomic mass is 10.2. The standard InChI is InChI=1S/C11H14N2/c1-3-5-7-11-10(6-4-2)12-8-9-13-11/h4-9H,3H2,1-2H3/b6-4-,7-5-. The van der Waals surface area contributed by atoms with Crippen molar-refractivity contribution in [3.8, 4) is 0 Å². The van der Waals surface area contributed by atoms with Crippen LogP contribution in [0.1, 0.15) is 31.7 Å². The molecule has 0 amide bonds. The lowest BCUT2D eigenvalue weighted by Gasteiger charge is -1.96. The van der Waals surface area contributed by atoms with Crippen LogP contribution in [0, 0.1) is 0 Å². The molecule has 0 aliphatic carbocycles. The van der Waals surface area contributed by atoms with Gasteiger partial charge >= 0.3 is 0 Å². The lowest BCUT2D eigenvalue weighted by Crippen LogP contribution is -1.89. The summed E-state index contributed by atoms with van der Waals surface area (Å²) in [6, 6.07) is 0. The third-order valence-corrected chi connectivity index (χ3v) is 1.59. The molecule has 13 heavy (non-hydrogen) atoms. The van der Waals surface area contributed by atoms with E-state index in [2.05, 4.69) is 23.0 Å². The van der Waals surface area contributed by atoms with E-state index in [9.17, 15) is 0 Å². The van der Waals surface area contributed by atoms with Gasteiger partial charge in [0.25, 0.3) is 0 Å². The first-order valence-corrected chi connectivity index (χ1v) is 4.48. The Hall–Kier alpha value is -1.44. The van der Waals surface area contributed by atoms with Crippen molar-refractivity contribution in [1.29, 1.82) is 0 Å². The van der Waals surface area contributed by atoms with Crippen LogP contribution in [0.4, 0.5) is 0 Å². The summed E-state index contributed by atoms with van der Waals surface area (Å²) in [5, 5.41) is 0. The van der Waals surface area contributed by atoms with Gasteiger partial charge in [-0.3, -0.25) is 9.97 Å². The molecule has 0 saturated carbocycles. The third-order valence-electron chi connectivity index (χ3n) is 1.59. The molecule has 2 heteroatoms. The summed E-state index contributed by atoms with van der Waals surface area (Å²) in [7, 11) is 0. The minimum Gasteiger partial charge on any atom is -0.253 e. The van der Waals surface area contributed by atoms with E-state index in [1.807, 2.05) is 25.2 Å². The van der Waals surface area contributed by atoms with Crippen LogP contribution < -0.4 is 0 Å². The van der Waals surface area contributed by atoms with Gasteiger partial charge in [0.1, 0.15) is 0 Å². The zero-order chi connectivity index (χ0) is 9.52. The summed E-state index contributed by atoms with van der Waals surface area (Å²) in [6.45, 7) is 4.07. The van der Waals surface area contributed by atoms with Gasteiger partial charge in [0.15, 0.2) is 0 Å². The highest BCUT2D eigenvalue weighted by atomic mass is 14.8. The summed E-state index contributed by atoms with van der Waals surface area (Å²) < 4.78 is 0. The first-order chi connectivity index (χ1) is 6.38. The van der Waals surface area contributed by atoms with Gasteiger partial charge in [0, 0.05) is 12.4 Å². The van der Waals surface area contributed by atoms with Crippen molar-refractivity contribution in [2.75, 3.05) is 0 Å².